The highest BCUT2D eigenvalue weighted by atomic mass is 16.2. The van der Waals surface area contributed by atoms with Crippen molar-refractivity contribution in [1.82, 2.24) is 39.2 Å². The van der Waals surface area contributed by atoms with Crippen LogP contribution >= 0.6 is 0 Å². The van der Waals surface area contributed by atoms with Crippen molar-refractivity contribution >= 4 is 47.3 Å². The van der Waals surface area contributed by atoms with Gasteiger partial charge in [0.25, 0.3) is 0 Å². The van der Waals surface area contributed by atoms with Crippen molar-refractivity contribution < 1.29 is 38.4 Å². The maximum atomic E-state index is 11.0. The third-order valence-corrected chi connectivity index (χ3v) is 25.5. The van der Waals surface area contributed by atoms with E-state index in [9.17, 15) is 38.4 Å². The van der Waals surface area contributed by atoms with Gasteiger partial charge in [-0.2, -0.15) is 0 Å². The molecule has 0 atom stereocenters. The van der Waals surface area contributed by atoms with Gasteiger partial charge in [-0.1, -0.05) is 486 Å². The van der Waals surface area contributed by atoms with E-state index in [4.69, 9.17) is 0 Å². The molecule has 8 amide bonds. The van der Waals surface area contributed by atoms with Gasteiger partial charge < -0.3 is 39.2 Å². The number of likely N-dealkylation sites (N-methyl/N-ethyl adjacent to an activating group) is 8. The number of carbonyl (C=O) groups is 8. The monoisotopic (exact) mass is 1970 g/mol. The van der Waals surface area contributed by atoms with Crippen LogP contribution < -0.4 is 0 Å². The van der Waals surface area contributed by atoms with Crippen LogP contribution in [0.25, 0.3) is 0 Å². The van der Waals surface area contributed by atoms with Crippen LogP contribution in [0.3, 0.4) is 0 Å². The van der Waals surface area contributed by atoms with Gasteiger partial charge in [0.05, 0.1) is 0 Å². The largest absolute Gasteiger partial charge is 0.342 e. The number of rotatable bonds is 84. The molecule has 0 unspecified atom stereocenters. The van der Waals surface area contributed by atoms with E-state index in [0.29, 0.717) is 0 Å². The van der Waals surface area contributed by atoms with E-state index in [0.717, 1.165) is 104 Å². The van der Waals surface area contributed by atoms with Gasteiger partial charge in [0.1, 0.15) is 0 Å². The summed E-state index contributed by atoms with van der Waals surface area (Å²) in [6.07, 6.45) is 126. The Balaban J connectivity index is -0.000000238. The van der Waals surface area contributed by atoms with Crippen molar-refractivity contribution in [3.8, 4) is 0 Å². The molecule has 0 aromatic heterocycles. The molecule has 16 nitrogen and oxygen atoms in total. The minimum Gasteiger partial charge on any atom is -0.342 e. The van der Waals surface area contributed by atoms with E-state index in [2.05, 4.69) is 153 Å². The second kappa shape index (κ2) is 129. The van der Waals surface area contributed by atoms with E-state index in [1.165, 1.54) is 385 Å². The van der Waals surface area contributed by atoms with Crippen molar-refractivity contribution in [2.45, 2.75) is 547 Å². The van der Waals surface area contributed by atoms with Crippen LogP contribution in [0.15, 0.2) is 97.2 Å². The minimum atomic E-state index is 0.126. The van der Waals surface area contributed by atoms with Gasteiger partial charge in [-0.15, -0.1) is 0 Å². The van der Waals surface area contributed by atoms with Crippen molar-refractivity contribution in [2.24, 2.45) is 0 Å². The van der Waals surface area contributed by atoms with Crippen molar-refractivity contribution in [3.63, 3.8) is 0 Å². The molecule has 0 aliphatic rings. The number of amides is 8. The quantitative estimate of drug-likeness (QED) is 0.0429. The number of hydrogen-bond donors (Lipinski definition) is 0. The number of carbonyl (C=O) groups excluding carboxylic acids is 8. The molecule has 824 valence electrons. The molecule has 0 rings (SSSR count). The van der Waals surface area contributed by atoms with Gasteiger partial charge >= 0.3 is 0 Å². The lowest BCUT2D eigenvalue weighted by Gasteiger charge is -2.10. The molecule has 0 aromatic carbocycles. The fourth-order valence-electron chi connectivity index (χ4n) is 14.3. The first-order chi connectivity index (χ1) is 67.4. The summed E-state index contributed by atoms with van der Waals surface area (Å²) in [6, 6.07) is 0. The molecule has 0 radical (unpaired) electrons. The van der Waals surface area contributed by atoms with E-state index in [-0.39, 0.29) is 47.3 Å². The maximum Gasteiger partial charge on any atom is 0.219 e. The molecule has 0 heterocycles. The third kappa shape index (κ3) is 142. The lowest BCUT2D eigenvalue weighted by Crippen LogP contribution is -2.23. The summed E-state index contributed by atoms with van der Waals surface area (Å²) in [5.74, 6) is 1.04. The number of nitrogens with zero attached hydrogens (tertiary/aromatic N) is 8. The van der Waals surface area contributed by atoms with E-state index in [1.54, 1.807) is 94.6 Å². The van der Waals surface area contributed by atoms with Gasteiger partial charge in [0.2, 0.25) is 47.3 Å². The Morgan fingerprint density at radius 2 is 0.193 bits per heavy atom. The summed E-state index contributed by atoms with van der Waals surface area (Å²) in [5, 5.41) is 0. The Morgan fingerprint density at radius 1 is 0.121 bits per heavy atom. The SMILES string of the molecule is CCCCCC/C=C/CN(C)C(C)=O.CCCCCCC/C=C/CN(C)C(C)=O.CCCCCCCC/C=C/CN(C)C(C)=O.CCCCCCCCC/C=C/CN(C)C(C)=O.CCCCCCCCCC/C=C/CN(C)C(C)=O.CCCCCCCCCCC/C=C/CN(C)C(C)=O.CCCCCCCCCCCC/C=C/CN(C)C(C)=O.CCCCCCCCCCCCC/C=C/CN(C)C(C)=O. The van der Waals surface area contributed by atoms with Gasteiger partial charge in [-0.3, -0.25) is 38.4 Å². The van der Waals surface area contributed by atoms with Crippen molar-refractivity contribution in [3.05, 3.63) is 97.2 Å². The summed E-state index contributed by atoms with van der Waals surface area (Å²) in [6.45, 7) is 36.8. The molecule has 0 saturated heterocycles. The van der Waals surface area contributed by atoms with Crippen LogP contribution in [-0.4, -0.2) is 195 Å². The second-order valence-corrected chi connectivity index (χ2v) is 39.7. The second-order valence-electron chi connectivity index (χ2n) is 39.7. The first-order valence-electron chi connectivity index (χ1n) is 58.4. The molecule has 0 N–H and O–H groups in total. The van der Waals surface area contributed by atoms with Crippen LogP contribution in [0.2, 0.25) is 0 Å². The van der Waals surface area contributed by atoms with Gasteiger partial charge in [-0.05, 0) is 103 Å². The van der Waals surface area contributed by atoms with Gasteiger partial charge in [0, 0.05) is 164 Å². The average Bonchev–Trinajstić information content (AvgIpc) is 1.05. The molecule has 0 bridgehead atoms. The average molecular weight is 1970 g/mol. The molecule has 16 heteroatoms. The number of allylic oxidation sites excluding steroid dienone is 8. The Labute approximate surface area is 873 Å². The van der Waals surface area contributed by atoms with Crippen molar-refractivity contribution in [1.29, 1.82) is 0 Å². The highest BCUT2D eigenvalue weighted by molar-refractivity contribution is 5.75. The van der Waals surface area contributed by atoms with E-state index < -0.39 is 0 Å². The molecule has 0 spiro atoms. The fourth-order valence-corrected chi connectivity index (χ4v) is 14.3. The number of unbranched alkanes of at least 4 members (excludes halogenated alkanes) is 60. The molecule has 0 aliphatic carbocycles. The van der Waals surface area contributed by atoms with Gasteiger partial charge in [0.15, 0.2) is 0 Å². The van der Waals surface area contributed by atoms with Crippen molar-refractivity contribution in [2.75, 3.05) is 109 Å². The van der Waals surface area contributed by atoms with Crippen LogP contribution in [0.5, 0.6) is 0 Å². The Morgan fingerprint density at radius 3 is 0.271 bits per heavy atom. The molecular weight excluding hydrogens is 1730 g/mol. The molecular formula is C124H240N8O8. The van der Waals surface area contributed by atoms with Crippen LogP contribution in [0.1, 0.15) is 547 Å². The summed E-state index contributed by atoms with van der Waals surface area (Å²) in [5.41, 5.74) is 0. The maximum absolute atomic E-state index is 11.0. The summed E-state index contributed by atoms with van der Waals surface area (Å²) < 4.78 is 0. The molecule has 0 fully saturated rings. The lowest BCUT2D eigenvalue weighted by molar-refractivity contribution is -0.127. The summed E-state index contributed by atoms with van der Waals surface area (Å²) in [7, 11) is 14.7. The zero-order valence-electron chi connectivity index (χ0n) is 97.8. The fraction of sp³-hybridized carbons (Fsp3) is 0.806. The van der Waals surface area contributed by atoms with Crippen LogP contribution in [-0.2, 0) is 38.4 Å². The Hall–Kier alpha value is -6.32. The molecule has 0 aromatic rings. The first-order valence-corrected chi connectivity index (χ1v) is 58.4. The predicted octanol–water partition coefficient (Wildman–Crippen LogP) is 34.9. The minimum absolute atomic E-state index is 0.126. The highest BCUT2D eigenvalue weighted by Gasteiger charge is 2.06. The smallest absolute Gasteiger partial charge is 0.219 e. The number of hydrogen-bond acceptors (Lipinski definition) is 8. The van der Waals surface area contributed by atoms with Gasteiger partial charge in [-0.25, -0.2) is 0 Å². The zero-order valence-corrected chi connectivity index (χ0v) is 97.8. The topological polar surface area (TPSA) is 162 Å². The Kier molecular flexibility index (Phi) is 137. The normalized spacial score (nSPS) is 11.0. The first kappa shape index (κ1) is 149. The lowest BCUT2D eigenvalue weighted by atomic mass is 10.1. The standard InChI is InChI=1S/C19H37NO.C18H35NO.C17H33NO.C16H31NO.C15H29NO.C14H27NO.C13H25NO.C12H23NO/c1-4-5-6-7-8-9-10-11-12-13-14-15-16-17-18-20(3)19(2)21;1-4-5-6-7-8-9-10-11-12-13-14-15-16-17-19(3)18(2)20;1-4-5-6-7-8-9-10-11-12-13-14-15-16-18(3)17(2)19;1-4-5-6-7-8-9-10-11-12-13-14-15-17(3)16(2)18;1-4-5-6-7-8-9-10-11-12-13-14-16(3)15(2)17;1-4-5-6-7-8-9-10-11-12-13-15(3)14(2)16;1-4-5-6-7-8-9-10-11-12-14(3)13(2)15;1-4-5-6-7-8-9-10-11-13(3)12(2)14/h16-17H,4-15,18H2,1-3H3;15-16H,4-14,17H2,1-3H3;14-15H,4-13,16H2,1-3H3;13-14H,4-12,15H2,1-3H3;12-13H,4-11,14H2,1-3H3;11-12H,4-10,13H2,1-3H3;10-11H,4-9,12H2,1-3H3;9-10H,4-8,11H2,1-3H3/b17-16+;16-15+;15-14+;14-13+;13-12+;12-11+;11-10+;10-9+. The Bertz CT molecular complexity index is 2860. The molecule has 140 heavy (non-hydrogen) atoms. The molecule has 0 aliphatic heterocycles. The highest BCUT2D eigenvalue weighted by Crippen LogP contribution is 2.18. The molecule has 0 saturated carbocycles. The summed E-state index contributed by atoms with van der Waals surface area (Å²) in [4.78, 5) is 101. The third-order valence-electron chi connectivity index (χ3n) is 25.5. The van der Waals surface area contributed by atoms with E-state index in [1.807, 2.05) is 56.4 Å². The van der Waals surface area contributed by atoms with Crippen LogP contribution in [0.4, 0.5) is 0 Å². The summed E-state index contributed by atoms with van der Waals surface area (Å²) >= 11 is 0. The predicted molar refractivity (Wildman–Crippen MR) is 619 cm³/mol. The van der Waals surface area contributed by atoms with E-state index >= 15 is 0 Å². The van der Waals surface area contributed by atoms with Crippen LogP contribution in [0, 0.1) is 0 Å². The zero-order chi connectivity index (χ0) is 106.